The number of furan rings is 1. The summed E-state index contributed by atoms with van der Waals surface area (Å²) in [5, 5.41) is -0.000484. The molecule has 0 spiro atoms. The third-order valence-corrected chi connectivity index (χ3v) is 2.89. The van der Waals surface area contributed by atoms with Crippen LogP contribution in [0.1, 0.15) is 22.7 Å². The van der Waals surface area contributed by atoms with Crippen molar-refractivity contribution in [3.8, 4) is 0 Å². The molecule has 0 aliphatic carbocycles. The van der Waals surface area contributed by atoms with Crippen LogP contribution in [0.4, 0.5) is 13.2 Å². The molecular formula is C12H9ClF3NO. The first-order valence-corrected chi connectivity index (χ1v) is 5.43. The van der Waals surface area contributed by atoms with Gasteiger partial charge in [0.25, 0.3) is 0 Å². The van der Waals surface area contributed by atoms with Crippen LogP contribution in [0.2, 0.25) is 5.22 Å². The summed E-state index contributed by atoms with van der Waals surface area (Å²) >= 11 is 5.72. The van der Waals surface area contributed by atoms with E-state index in [1.807, 2.05) is 0 Å². The van der Waals surface area contributed by atoms with Gasteiger partial charge in [0.1, 0.15) is 0 Å². The first-order chi connectivity index (χ1) is 8.41. The van der Waals surface area contributed by atoms with Crippen molar-refractivity contribution in [2.45, 2.75) is 12.2 Å². The molecule has 0 saturated carbocycles. The summed E-state index contributed by atoms with van der Waals surface area (Å²) < 4.78 is 43.4. The zero-order valence-corrected chi connectivity index (χ0v) is 9.79. The van der Waals surface area contributed by atoms with Gasteiger partial charge in [0.15, 0.2) is 5.22 Å². The van der Waals surface area contributed by atoms with E-state index in [1.165, 1.54) is 30.5 Å². The number of halogens is 4. The lowest BCUT2D eigenvalue weighted by Gasteiger charge is -2.17. The maximum absolute atomic E-state index is 12.8. The van der Waals surface area contributed by atoms with Crippen molar-refractivity contribution in [1.82, 2.24) is 0 Å². The van der Waals surface area contributed by atoms with Gasteiger partial charge >= 0.3 is 6.18 Å². The van der Waals surface area contributed by atoms with Crippen LogP contribution >= 0.6 is 11.6 Å². The Kier molecular flexibility index (Phi) is 3.36. The first-order valence-electron chi connectivity index (χ1n) is 5.06. The Labute approximate surface area is 106 Å². The van der Waals surface area contributed by atoms with Crippen molar-refractivity contribution in [2.75, 3.05) is 0 Å². The molecular weight excluding hydrogens is 267 g/mol. The normalized spacial score (nSPS) is 13.6. The minimum absolute atomic E-state index is 0.000484. The molecule has 0 aliphatic heterocycles. The van der Waals surface area contributed by atoms with E-state index in [2.05, 4.69) is 0 Å². The Hall–Kier alpha value is -1.46. The van der Waals surface area contributed by atoms with E-state index in [9.17, 15) is 13.2 Å². The summed E-state index contributed by atoms with van der Waals surface area (Å²) in [6.45, 7) is 0. The fraction of sp³-hybridized carbons (Fsp3) is 0.167. The number of hydrogen-bond acceptors (Lipinski definition) is 2. The SMILES string of the molecule is NC(c1ccccc1C(F)(F)F)c1ccoc1Cl. The van der Waals surface area contributed by atoms with Gasteiger partial charge in [-0.1, -0.05) is 18.2 Å². The van der Waals surface area contributed by atoms with Crippen molar-refractivity contribution in [2.24, 2.45) is 5.73 Å². The first kappa shape index (κ1) is 13.0. The van der Waals surface area contributed by atoms with E-state index in [0.29, 0.717) is 5.56 Å². The maximum atomic E-state index is 12.8. The van der Waals surface area contributed by atoms with E-state index < -0.39 is 17.8 Å². The van der Waals surface area contributed by atoms with Crippen LogP contribution in [-0.2, 0) is 6.18 Å². The smallest absolute Gasteiger partial charge is 0.416 e. The molecule has 0 fully saturated rings. The van der Waals surface area contributed by atoms with Crippen molar-refractivity contribution in [3.63, 3.8) is 0 Å². The number of hydrogen-bond donors (Lipinski definition) is 1. The molecule has 6 heteroatoms. The Morgan fingerprint density at radius 2 is 1.78 bits per heavy atom. The van der Waals surface area contributed by atoms with Crippen molar-refractivity contribution >= 4 is 11.6 Å². The quantitative estimate of drug-likeness (QED) is 0.900. The molecule has 0 bridgehead atoms. The molecule has 18 heavy (non-hydrogen) atoms. The summed E-state index contributed by atoms with van der Waals surface area (Å²) in [6, 6.07) is 5.61. The fourth-order valence-corrected chi connectivity index (χ4v) is 1.95. The van der Waals surface area contributed by atoms with Crippen LogP contribution in [0.15, 0.2) is 41.0 Å². The molecule has 96 valence electrons. The Morgan fingerprint density at radius 3 is 2.33 bits per heavy atom. The van der Waals surface area contributed by atoms with Crippen LogP contribution in [0.3, 0.4) is 0 Å². The van der Waals surface area contributed by atoms with Gasteiger partial charge in [-0.3, -0.25) is 0 Å². The number of benzene rings is 1. The molecule has 0 aliphatic rings. The monoisotopic (exact) mass is 275 g/mol. The van der Waals surface area contributed by atoms with Gasteiger partial charge in [-0.25, -0.2) is 0 Å². The summed E-state index contributed by atoms with van der Waals surface area (Å²) in [4.78, 5) is 0. The fourth-order valence-electron chi connectivity index (χ4n) is 1.72. The second kappa shape index (κ2) is 4.66. The lowest BCUT2D eigenvalue weighted by molar-refractivity contribution is -0.138. The average Bonchev–Trinajstić information content (AvgIpc) is 2.73. The molecule has 0 amide bonds. The molecule has 1 unspecified atom stereocenters. The van der Waals surface area contributed by atoms with E-state index in [1.54, 1.807) is 0 Å². The molecule has 1 heterocycles. The predicted molar refractivity (Wildman–Crippen MR) is 61.2 cm³/mol. The molecule has 1 aromatic carbocycles. The summed E-state index contributed by atoms with van der Waals surface area (Å²) in [7, 11) is 0. The van der Waals surface area contributed by atoms with Gasteiger partial charge in [0, 0.05) is 5.56 Å². The van der Waals surface area contributed by atoms with Gasteiger partial charge in [0.05, 0.1) is 17.9 Å². The molecule has 0 saturated heterocycles. The lowest BCUT2D eigenvalue weighted by atomic mass is 9.96. The predicted octanol–water partition coefficient (Wildman–Crippen LogP) is 4.00. The van der Waals surface area contributed by atoms with Crippen LogP contribution in [-0.4, -0.2) is 0 Å². The zero-order valence-electron chi connectivity index (χ0n) is 9.04. The highest BCUT2D eigenvalue weighted by atomic mass is 35.5. The van der Waals surface area contributed by atoms with Crippen molar-refractivity contribution < 1.29 is 17.6 Å². The summed E-state index contributed by atoms with van der Waals surface area (Å²) in [5.41, 5.74) is 5.34. The van der Waals surface area contributed by atoms with Gasteiger partial charge < -0.3 is 10.2 Å². The van der Waals surface area contributed by atoms with E-state index >= 15 is 0 Å². The van der Waals surface area contributed by atoms with E-state index in [-0.39, 0.29) is 10.8 Å². The molecule has 1 aromatic heterocycles. The minimum Gasteiger partial charge on any atom is -0.453 e. The Morgan fingerprint density at radius 1 is 1.11 bits per heavy atom. The Bertz CT molecular complexity index is 550. The standard InChI is InChI=1S/C12H9ClF3NO/c13-11-8(5-6-18-11)10(17)7-3-1-2-4-9(7)12(14,15)16/h1-6,10H,17H2. The highest BCUT2D eigenvalue weighted by Gasteiger charge is 2.35. The van der Waals surface area contributed by atoms with Crippen LogP contribution in [0.25, 0.3) is 0 Å². The zero-order chi connectivity index (χ0) is 13.3. The number of alkyl halides is 3. The second-order valence-corrected chi connectivity index (χ2v) is 4.06. The van der Waals surface area contributed by atoms with Crippen LogP contribution in [0.5, 0.6) is 0 Å². The topological polar surface area (TPSA) is 39.2 Å². The van der Waals surface area contributed by atoms with Crippen LogP contribution < -0.4 is 5.73 Å². The van der Waals surface area contributed by atoms with Gasteiger partial charge in [0.2, 0.25) is 0 Å². The van der Waals surface area contributed by atoms with Crippen LogP contribution in [0, 0.1) is 0 Å². The third-order valence-electron chi connectivity index (χ3n) is 2.58. The highest BCUT2D eigenvalue weighted by Crippen LogP contribution is 2.37. The van der Waals surface area contributed by atoms with E-state index in [0.717, 1.165) is 6.07 Å². The molecule has 1 atom stereocenters. The number of nitrogens with two attached hydrogens (primary N) is 1. The van der Waals surface area contributed by atoms with Gasteiger partial charge in [-0.05, 0) is 29.3 Å². The maximum Gasteiger partial charge on any atom is 0.416 e. The lowest BCUT2D eigenvalue weighted by Crippen LogP contribution is -2.18. The largest absolute Gasteiger partial charge is 0.453 e. The highest BCUT2D eigenvalue weighted by molar-refractivity contribution is 6.29. The molecule has 0 radical (unpaired) electrons. The van der Waals surface area contributed by atoms with E-state index in [4.69, 9.17) is 21.8 Å². The minimum atomic E-state index is -4.45. The average molecular weight is 276 g/mol. The van der Waals surface area contributed by atoms with Gasteiger partial charge in [-0.15, -0.1) is 0 Å². The molecule has 2 N–H and O–H groups in total. The Balaban J connectivity index is 2.49. The molecule has 2 rings (SSSR count). The van der Waals surface area contributed by atoms with Gasteiger partial charge in [-0.2, -0.15) is 13.2 Å². The van der Waals surface area contributed by atoms with Crippen molar-refractivity contribution in [3.05, 3.63) is 58.5 Å². The van der Waals surface area contributed by atoms with Crippen molar-refractivity contribution in [1.29, 1.82) is 0 Å². The summed E-state index contributed by atoms with van der Waals surface area (Å²) in [5.74, 6) is 0. The second-order valence-electron chi connectivity index (χ2n) is 3.71. The molecule has 2 nitrogen and oxygen atoms in total. The number of rotatable bonds is 2. The third kappa shape index (κ3) is 2.37. The molecule has 2 aromatic rings. The summed E-state index contributed by atoms with van der Waals surface area (Å²) in [6.07, 6.45) is -3.17.